The summed E-state index contributed by atoms with van der Waals surface area (Å²) in [6, 6.07) is 5.25. The van der Waals surface area contributed by atoms with Gasteiger partial charge in [0.25, 0.3) is 0 Å². The minimum absolute atomic E-state index is 0.0984. The summed E-state index contributed by atoms with van der Waals surface area (Å²) >= 11 is 7.33. The van der Waals surface area contributed by atoms with Gasteiger partial charge in [-0.1, -0.05) is 17.7 Å². The van der Waals surface area contributed by atoms with Crippen LogP contribution in [0.5, 0.6) is 5.88 Å². The first-order valence-corrected chi connectivity index (χ1v) is 12.7. The topological polar surface area (TPSA) is 128 Å². The van der Waals surface area contributed by atoms with E-state index in [2.05, 4.69) is 29.9 Å². The second-order valence-corrected chi connectivity index (χ2v) is 9.44. The smallest absolute Gasteiger partial charge is 0.235 e. The first-order chi connectivity index (χ1) is 18.0. The Labute approximate surface area is 225 Å². The molecule has 0 amide bonds. The van der Waals surface area contributed by atoms with Crippen molar-refractivity contribution in [1.82, 2.24) is 29.7 Å². The lowest BCUT2D eigenvalue weighted by Crippen LogP contribution is -2.23. The molecular formula is C23H32ClN7O5S. The molecule has 1 unspecified atom stereocenters. The van der Waals surface area contributed by atoms with Gasteiger partial charge in [0.2, 0.25) is 11.8 Å². The van der Waals surface area contributed by atoms with Crippen LogP contribution >= 0.6 is 23.5 Å². The molecule has 0 aromatic carbocycles. The molecule has 3 rings (SSSR count). The second-order valence-electron chi connectivity index (χ2n) is 7.82. The van der Waals surface area contributed by atoms with Crippen molar-refractivity contribution in [2.75, 3.05) is 59.6 Å². The molecule has 0 bridgehead atoms. The monoisotopic (exact) mass is 553 g/mol. The fraction of sp³-hybridized carbons (Fsp3) is 0.522. The van der Waals surface area contributed by atoms with Gasteiger partial charge in [0.05, 0.1) is 36.1 Å². The van der Waals surface area contributed by atoms with Crippen LogP contribution in [0.1, 0.15) is 24.9 Å². The highest BCUT2D eigenvalue weighted by molar-refractivity contribution is 8.01. The van der Waals surface area contributed by atoms with Gasteiger partial charge >= 0.3 is 0 Å². The summed E-state index contributed by atoms with van der Waals surface area (Å²) in [4.78, 5) is 13.2. The molecule has 1 N–H and O–H groups in total. The highest BCUT2D eigenvalue weighted by atomic mass is 35.5. The number of pyridine rings is 1. The molecule has 0 radical (unpaired) electrons. The molecule has 0 aliphatic rings. The Balaban J connectivity index is 1.87. The Bertz CT molecular complexity index is 1090. The fourth-order valence-electron chi connectivity index (χ4n) is 3.50. The number of methoxy groups -OCH3 is 4. The molecule has 37 heavy (non-hydrogen) atoms. The molecule has 12 nitrogen and oxygen atoms in total. The SMILES string of the molecule is COCCOc1cccc(-c2nnc(NS[C@@H](C)C(OC)c3ncc(Cl)cn3)n2C(COC)COC)n1. The van der Waals surface area contributed by atoms with Crippen molar-refractivity contribution < 1.29 is 23.7 Å². The number of halogens is 1. The summed E-state index contributed by atoms with van der Waals surface area (Å²) in [5, 5.41) is 9.20. The minimum atomic E-state index is -0.387. The fourth-order valence-corrected chi connectivity index (χ4v) is 4.38. The first-order valence-electron chi connectivity index (χ1n) is 11.5. The van der Waals surface area contributed by atoms with E-state index >= 15 is 0 Å². The van der Waals surface area contributed by atoms with Crippen LogP contribution in [0.3, 0.4) is 0 Å². The van der Waals surface area contributed by atoms with Gasteiger partial charge in [0, 0.05) is 46.9 Å². The molecule has 0 saturated heterocycles. The standard InChI is InChI=1S/C23H32ClN7O5S/c1-15(20(35-5)21-25-11-16(24)12-26-21)37-30-23-29-28-22(31(23)17(13-33-3)14-34-4)18-7-6-8-19(27-18)36-10-9-32-2/h6-8,11-12,15,17,20H,9-10,13-14H2,1-5H3,(H,29,30)/t15-,20?/m0/s1. The summed E-state index contributed by atoms with van der Waals surface area (Å²) in [6.45, 7) is 3.58. The zero-order chi connectivity index (χ0) is 26.6. The molecule has 3 aromatic heterocycles. The van der Waals surface area contributed by atoms with E-state index in [0.717, 1.165) is 0 Å². The lowest BCUT2D eigenvalue weighted by Gasteiger charge is -2.23. The van der Waals surface area contributed by atoms with Crippen LogP contribution in [0.25, 0.3) is 11.5 Å². The number of hydrogen-bond donors (Lipinski definition) is 1. The predicted molar refractivity (Wildman–Crippen MR) is 141 cm³/mol. The number of rotatable bonds is 16. The van der Waals surface area contributed by atoms with E-state index < -0.39 is 0 Å². The summed E-state index contributed by atoms with van der Waals surface area (Å²) in [7, 11) is 6.50. The van der Waals surface area contributed by atoms with Crippen molar-refractivity contribution in [2.24, 2.45) is 0 Å². The molecule has 0 aliphatic carbocycles. The normalized spacial score (nSPS) is 13.1. The zero-order valence-corrected chi connectivity index (χ0v) is 23.0. The first kappa shape index (κ1) is 29.0. The third kappa shape index (κ3) is 7.97. The molecule has 0 aliphatic heterocycles. The maximum absolute atomic E-state index is 5.93. The second kappa shape index (κ2) is 15.0. The van der Waals surface area contributed by atoms with Gasteiger partial charge in [-0.15, -0.1) is 10.2 Å². The van der Waals surface area contributed by atoms with Gasteiger partial charge < -0.3 is 23.7 Å². The molecule has 0 fully saturated rings. The van der Waals surface area contributed by atoms with Gasteiger partial charge in [-0.05, 0) is 24.9 Å². The predicted octanol–water partition coefficient (Wildman–Crippen LogP) is 3.48. The third-order valence-corrected chi connectivity index (χ3v) is 6.29. The van der Waals surface area contributed by atoms with Crippen LogP contribution in [0, 0.1) is 0 Å². The van der Waals surface area contributed by atoms with Gasteiger partial charge in [-0.3, -0.25) is 9.29 Å². The van der Waals surface area contributed by atoms with E-state index in [-0.39, 0.29) is 17.4 Å². The highest BCUT2D eigenvalue weighted by Crippen LogP contribution is 2.31. The summed E-state index contributed by atoms with van der Waals surface area (Å²) in [6.07, 6.45) is 2.70. The maximum Gasteiger partial charge on any atom is 0.235 e. The Morgan fingerprint density at radius 3 is 2.38 bits per heavy atom. The van der Waals surface area contributed by atoms with Gasteiger partial charge in [-0.2, -0.15) is 0 Å². The van der Waals surface area contributed by atoms with Crippen molar-refractivity contribution in [2.45, 2.75) is 24.3 Å². The van der Waals surface area contributed by atoms with E-state index in [1.165, 1.54) is 11.9 Å². The Morgan fingerprint density at radius 1 is 1.00 bits per heavy atom. The molecular weight excluding hydrogens is 522 g/mol. The molecule has 0 saturated carbocycles. The van der Waals surface area contributed by atoms with Crippen molar-refractivity contribution in [3.8, 4) is 17.4 Å². The van der Waals surface area contributed by atoms with Crippen LogP contribution in [0.4, 0.5) is 5.95 Å². The Kier molecular flexibility index (Phi) is 11.8. The molecule has 2 atom stereocenters. The van der Waals surface area contributed by atoms with Crippen molar-refractivity contribution >= 4 is 29.5 Å². The summed E-state index contributed by atoms with van der Waals surface area (Å²) in [5.41, 5.74) is 0.593. The minimum Gasteiger partial charge on any atom is -0.475 e. The van der Waals surface area contributed by atoms with Crippen LogP contribution < -0.4 is 9.46 Å². The lowest BCUT2D eigenvalue weighted by molar-refractivity contribution is 0.0908. The Hall–Kier alpha value is -2.55. The van der Waals surface area contributed by atoms with Crippen molar-refractivity contribution in [1.29, 1.82) is 0 Å². The summed E-state index contributed by atoms with van der Waals surface area (Å²) < 4.78 is 32.6. The summed E-state index contributed by atoms with van der Waals surface area (Å²) in [5.74, 6) is 2.03. The largest absolute Gasteiger partial charge is 0.475 e. The highest BCUT2D eigenvalue weighted by Gasteiger charge is 2.26. The Morgan fingerprint density at radius 2 is 1.73 bits per heavy atom. The molecule has 3 heterocycles. The number of ether oxygens (including phenoxy) is 5. The number of anilines is 1. The maximum atomic E-state index is 5.93. The van der Waals surface area contributed by atoms with Crippen molar-refractivity contribution in [3.63, 3.8) is 0 Å². The lowest BCUT2D eigenvalue weighted by atomic mass is 10.2. The van der Waals surface area contributed by atoms with E-state index in [1.54, 1.807) is 46.9 Å². The van der Waals surface area contributed by atoms with Gasteiger partial charge in [0.15, 0.2) is 11.6 Å². The quantitative estimate of drug-likeness (QED) is 0.206. The van der Waals surface area contributed by atoms with Crippen LogP contribution in [-0.2, 0) is 18.9 Å². The van der Waals surface area contributed by atoms with E-state index in [9.17, 15) is 0 Å². The van der Waals surface area contributed by atoms with E-state index in [1.807, 2.05) is 23.6 Å². The van der Waals surface area contributed by atoms with E-state index in [0.29, 0.717) is 60.6 Å². The average Bonchev–Trinajstić information content (AvgIpc) is 3.33. The van der Waals surface area contributed by atoms with Crippen molar-refractivity contribution in [3.05, 3.63) is 41.4 Å². The zero-order valence-electron chi connectivity index (χ0n) is 21.5. The molecule has 3 aromatic rings. The number of nitrogens with zero attached hydrogens (tertiary/aromatic N) is 6. The van der Waals surface area contributed by atoms with Crippen LogP contribution in [-0.4, -0.2) is 89.8 Å². The van der Waals surface area contributed by atoms with E-state index in [4.69, 9.17) is 35.3 Å². The number of nitrogens with one attached hydrogen (secondary N) is 1. The third-order valence-electron chi connectivity index (χ3n) is 5.18. The van der Waals surface area contributed by atoms with Gasteiger partial charge in [-0.25, -0.2) is 15.0 Å². The van der Waals surface area contributed by atoms with Crippen LogP contribution in [0.15, 0.2) is 30.6 Å². The molecule has 0 spiro atoms. The number of aromatic nitrogens is 6. The van der Waals surface area contributed by atoms with Gasteiger partial charge in [0.1, 0.15) is 18.4 Å². The average molecular weight is 554 g/mol. The van der Waals surface area contributed by atoms with Crippen LogP contribution in [0.2, 0.25) is 5.02 Å². The number of hydrogen-bond acceptors (Lipinski definition) is 12. The molecule has 14 heteroatoms. The molecule has 202 valence electrons.